The Kier molecular flexibility index (Phi) is 6.44. The van der Waals surface area contributed by atoms with Crippen LogP contribution in [0.2, 0.25) is 0 Å². The third-order valence-electron chi connectivity index (χ3n) is 5.80. The Morgan fingerprint density at radius 3 is 2.85 bits per heavy atom. The third kappa shape index (κ3) is 4.75. The lowest BCUT2D eigenvalue weighted by Gasteiger charge is -2.26. The fourth-order valence-corrected chi connectivity index (χ4v) is 4.67. The van der Waals surface area contributed by atoms with Gasteiger partial charge in [0.05, 0.1) is 40.7 Å². The number of hydrogen-bond donors (Lipinski definition) is 2. The summed E-state index contributed by atoms with van der Waals surface area (Å²) in [5.74, 6) is 0.631. The number of fused-ring (bicyclic) bond motifs is 1. The summed E-state index contributed by atoms with van der Waals surface area (Å²) in [7, 11) is 0. The lowest BCUT2D eigenvalue weighted by molar-refractivity contribution is 0.0703. The molecular weight excluding hydrogens is 444 g/mol. The third-order valence-corrected chi connectivity index (χ3v) is 6.82. The van der Waals surface area contributed by atoms with Crippen molar-refractivity contribution in [2.75, 3.05) is 19.7 Å². The van der Waals surface area contributed by atoms with E-state index < -0.39 is 0 Å². The number of ether oxygens (including phenoxy) is 1. The number of rotatable bonds is 8. The number of benzene rings is 1. The van der Waals surface area contributed by atoms with Crippen molar-refractivity contribution < 1.29 is 4.74 Å². The molecule has 8 heteroatoms. The minimum absolute atomic E-state index is 0.490. The molecule has 1 saturated heterocycles. The van der Waals surface area contributed by atoms with Crippen LogP contribution in [-0.2, 0) is 11.3 Å². The van der Waals surface area contributed by atoms with Gasteiger partial charge in [0.2, 0.25) is 0 Å². The van der Waals surface area contributed by atoms with E-state index in [-0.39, 0.29) is 0 Å². The number of aromatic nitrogens is 3. The van der Waals surface area contributed by atoms with Crippen molar-refractivity contribution in [2.24, 2.45) is 16.6 Å². The van der Waals surface area contributed by atoms with Crippen LogP contribution in [0.3, 0.4) is 0 Å². The molecular formula is C26H26N6OS. The zero-order valence-corrected chi connectivity index (χ0v) is 19.8. The summed E-state index contributed by atoms with van der Waals surface area (Å²) in [5, 5.41) is 5.16. The van der Waals surface area contributed by atoms with Crippen LogP contribution >= 0.6 is 11.3 Å². The van der Waals surface area contributed by atoms with Crippen LogP contribution in [0.1, 0.15) is 21.8 Å². The van der Waals surface area contributed by atoms with Crippen LogP contribution in [0.15, 0.2) is 59.9 Å². The van der Waals surface area contributed by atoms with E-state index in [0.29, 0.717) is 29.6 Å². The molecule has 4 heterocycles. The first-order chi connectivity index (χ1) is 16.6. The van der Waals surface area contributed by atoms with Crippen LogP contribution in [0.4, 0.5) is 0 Å². The standard InChI is InChI=1S/C26H26N6OS/c1-16-4-3-5-23(32-16)24(27)25(28-2)18-6-7-22-19(8-18)9-20(12-30-22)26-31-13-21(34-26)15-33-14-17-10-29-11-17/h3-9,12-13,17,29H,2,10-11,14-15,27H2,1H3/b25-24-. The van der Waals surface area contributed by atoms with Gasteiger partial charge in [-0.25, -0.2) is 4.98 Å². The predicted octanol–water partition coefficient (Wildman–Crippen LogP) is 4.28. The smallest absolute Gasteiger partial charge is 0.125 e. The molecule has 1 aromatic carbocycles. The van der Waals surface area contributed by atoms with Crippen molar-refractivity contribution in [3.8, 4) is 10.6 Å². The lowest BCUT2D eigenvalue weighted by Crippen LogP contribution is -2.44. The van der Waals surface area contributed by atoms with Gasteiger partial charge in [-0.15, -0.1) is 11.3 Å². The van der Waals surface area contributed by atoms with Crippen molar-refractivity contribution >= 4 is 40.4 Å². The predicted molar refractivity (Wildman–Crippen MR) is 138 cm³/mol. The molecule has 34 heavy (non-hydrogen) atoms. The quantitative estimate of drug-likeness (QED) is 0.373. The molecule has 0 aliphatic carbocycles. The van der Waals surface area contributed by atoms with Gasteiger partial charge in [0.1, 0.15) is 5.01 Å². The van der Waals surface area contributed by atoms with E-state index in [1.165, 1.54) is 0 Å². The molecule has 1 fully saturated rings. The second kappa shape index (κ2) is 9.80. The van der Waals surface area contributed by atoms with E-state index in [0.717, 1.165) is 57.3 Å². The fourth-order valence-electron chi connectivity index (χ4n) is 3.84. The van der Waals surface area contributed by atoms with Gasteiger partial charge in [0.25, 0.3) is 0 Å². The van der Waals surface area contributed by atoms with Gasteiger partial charge in [-0.1, -0.05) is 12.1 Å². The number of nitrogens with two attached hydrogens (primary N) is 1. The van der Waals surface area contributed by atoms with Crippen LogP contribution in [0.25, 0.3) is 32.9 Å². The highest BCUT2D eigenvalue weighted by molar-refractivity contribution is 7.15. The Morgan fingerprint density at radius 1 is 1.21 bits per heavy atom. The maximum Gasteiger partial charge on any atom is 0.125 e. The molecule has 0 saturated carbocycles. The van der Waals surface area contributed by atoms with E-state index in [4.69, 9.17) is 10.5 Å². The highest BCUT2D eigenvalue weighted by Gasteiger charge is 2.17. The highest BCUT2D eigenvalue weighted by Crippen LogP contribution is 2.30. The Morgan fingerprint density at radius 2 is 2.09 bits per heavy atom. The van der Waals surface area contributed by atoms with E-state index in [2.05, 4.69) is 38.0 Å². The Labute approximate surface area is 202 Å². The van der Waals surface area contributed by atoms with Crippen molar-refractivity contribution in [1.82, 2.24) is 20.3 Å². The highest BCUT2D eigenvalue weighted by atomic mass is 32.1. The number of pyridine rings is 2. The molecule has 0 bridgehead atoms. The van der Waals surface area contributed by atoms with E-state index in [1.807, 2.05) is 55.7 Å². The summed E-state index contributed by atoms with van der Waals surface area (Å²) in [6, 6.07) is 13.8. The number of thiazole rings is 1. The molecule has 1 aliphatic heterocycles. The molecule has 4 aromatic rings. The van der Waals surface area contributed by atoms with Crippen molar-refractivity contribution in [3.05, 3.63) is 76.7 Å². The summed E-state index contributed by atoms with van der Waals surface area (Å²) in [6.45, 7) is 9.14. The van der Waals surface area contributed by atoms with Gasteiger partial charge in [0.15, 0.2) is 0 Å². The largest absolute Gasteiger partial charge is 0.395 e. The van der Waals surface area contributed by atoms with Crippen molar-refractivity contribution in [2.45, 2.75) is 13.5 Å². The lowest BCUT2D eigenvalue weighted by atomic mass is 10.0. The molecule has 0 radical (unpaired) electrons. The Balaban J connectivity index is 1.41. The SMILES string of the molecule is C=N/C(=C(\N)c1cccc(C)n1)c1ccc2ncc(-c3ncc(COCC4CNC4)s3)cc2c1. The molecule has 0 spiro atoms. The molecule has 5 rings (SSSR count). The van der Waals surface area contributed by atoms with Crippen molar-refractivity contribution in [3.63, 3.8) is 0 Å². The van der Waals surface area contributed by atoms with Gasteiger partial charge < -0.3 is 15.8 Å². The normalized spacial score (nSPS) is 14.6. The van der Waals surface area contributed by atoms with Crippen LogP contribution in [0, 0.1) is 12.8 Å². The Hall–Kier alpha value is -3.46. The molecule has 0 amide bonds. The average molecular weight is 471 g/mol. The van der Waals surface area contributed by atoms with E-state index >= 15 is 0 Å². The summed E-state index contributed by atoms with van der Waals surface area (Å²) in [6.07, 6.45) is 3.75. The molecule has 3 aromatic heterocycles. The molecule has 1 aliphatic rings. The van der Waals surface area contributed by atoms with Crippen LogP contribution in [0.5, 0.6) is 0 Å². The summed E-state index contributed by atoms with van der Waals surface area (Å²) in [5.41, 5.74) is 11.8. The minimum Gasteiger partial charge on any atom is -0.395 e. The summed E-state index contributed by atoms with van der Waals surface area (Å²) in [4.78, 5) is 19.1. The number of aryl methyl sites for hydroxylation is 1. The maximum absolute atomic E-state index is 6.43. The first-order valence-electron chi connectivity index (χ1n) is 11.1. The van der Waals surface area contributed by atoms with Gasteiger partial charge >= 0.3 is 0 Å². The van der Waals surface area contributed by atoms with Gasteiger partial charge in [-0.05, 0) is 44.0 Å². The first kappa shape index (κ1) is 22.3. The van der Waals surface area contributed by atoms with Crippen LogP contribution < -0.4 is 11.1 Å². The zero-order chi connectivity index (χ0) is 23.5. The molecule has 3 N–H and O–H groups in total. The second-order valence-electron chi connectivity index (χ2n) is 8.39. The average Bonchev–Trinajstić information content (AvgIpc) is 3.29. The maximum atomic E-state index is 6.43. The monoisotopic (exact) mass is 470 g/mol. The van der Waals surface area contributed by atoms with Gasteiger partial charge in [-0.3, -0.25) is 15.0 Å². The van der Waals surface area contributed by atoms with E-state index in [9.17, 15) is 0 Å². The minimum atomic E-state index is 0.490. The summed E-state index contributed by atoms with van der Waals surface area (Å²) < 4.78 is 5.84. The summed E-state index contributed by atoms with van der Waals surface area (Å²) >= 11 is 1.63. The Bertz CT molecular complexity index is 1370. The zero-order valence-electron chi connectivity index (χ0n) is 19.0. The molecule has 172 valence electrons. The van der Waals surface area contributed by atoms with Gasteiger partial charge in [0, 0.05) is 53.6 Å². The number of hydrogen-bond acceptors (Lipinski definition) is 8. The van der Waals surface area contributed by atoms with Crippen molar-refractivity contribution in [1.29, 1.82) is 0 Å². The number of nitrogens with one attached hydrogen (secondary N) is 1. The fraction of sp³-hybridized carbons (Fsp3) is 0.231. The first-order valence-corrected chi connectivity index (χ1v) is 12.0. The second-order valence-corrected chi connectivity index (χ2v) is 9.50. The number of nitrogens with zero attached hydrogens (tertiary/aromatic N) is 4. The van der Waals surface area contributed by atoms with E-state index in [1.54, 1.807) is 11.3 Å². The number of aliphatic imine (C=N–C) groups is 1. The van der Waals surface area contributed by atoms with Gasteiger partial charge in [-0.2, -0.15) is 0 Å². The van der Waals surface area contributed by atoms with Crippen LogP contribution in [-0.4, -0.2) is 41.4 Å². The molecule has 0 atom stereocenters. The molecule has 7 nitrogen and oxygen atoms in total. The molecule has 0 unspecified atom stereocenters. The topological polar surface area (TPSA) is 98.3 Å².